The van der Waals surface area contributed by atoms with Crippen LogP contribution < -0.4 is 5.32 Å². The van der Waals surface area contributed by atoms with E-state index in [0.29, 0.717) is 13.2 Å². The lowest BCUT2D eigenvalue weighted by atomic mass is 9.87. The molecule has 0 aromatic rings. The number of rotatable bonds is 19. The van der Waals surface area contributed by atoms with E-state index in [4.69, 9.17) is 9.47 Å². The molecule has 1 N–H and O–H groups in total. The van der Waals surface area contributed by atoms with E-state index in [1.807, 2.05) is 34.6 Å². The second-order valence-electron chi connectivity index (χ2n) is 10.7. The van der Waals surface area contributed by atoms with Crippen LogP contribution in [-0.4, -0.2) is 31.3 Å². The zero-order valence-corrected chi connectivity index (χ0v) is 22.1. The van der Waals surface area contributed by atoms with Gasteiger partial charge in [0.15, 0.2) is 0 Å². The Hall–Kier alpha value is -1.26. The molecule has 0 bridgehead atoms. The number of carbonyl (C=O) groups is 2. The zero-order chi connectivity index (χ0) is 24.2. The summed E-state index contributed by atoms with van der Waals surface area (Å²) in [4.78, 5) is 24.5. The molecule has 0 radical (unpaired) electrons. The Kier molecular flexibility index (Phi) is 18.5. The van der Waals surface area contributed by atoms with Crippen LogP contribution in [0.5, 0.6) is 0 Å². The third-order valence-corrected chi connectivity index (χ3v) is 5.65. The first-order valence-electron chi connectivity index (χ1n) is 13.3. The average molecular weight is 456 g/mol. The summed E-state index contributed by atoms with van der Waals surface area (Å²) in [7, 11) is 0. The van der Waals surface area contributed by atoms with E-state index in [2.05, 4.69) is 12.2 Å². The lowest BCUT2D eigenvalue weighted by Gasteiger charge is -2.29. The van der Waals surface area contributed by atoms with Crippen LogP contribution in [0.4, 0.5) is 4.79 Å². The highest BCUT2D eigenvalue weighted by molar-refractivity contribution is 5.82. The van der Waals surface area contributed by atoms with Crippen molar-refractivity contribution in [2.45, 2.75) is 137 Å². The molecule has 32 heavy (non-hydrogen) atoms. The van der Waals surface area contributed by atoms with E-state index in [9.17, 15) is 9.59 Å². The summed E-state index contributed by atoms with van der Waals surface area (Å²) in [6, 6.07) is -0.714. The van der Waals surface area contributed by atoms with Gasteiger partial charge < -0.3 is 14.8 Å². The fourth-order valence-corrected chi connectivity index (χ4v) is 3.58. The molecule has 190 valence electrons. The molecule has 1 amide bonds. The molecule has 0 heterocycles. The average Bonchev–Trinajstić information content (AvgIpc) is 2.72. The van der Waals surface area contributed by atoms with E-state index in [1.54, 1.807) is 0 Å². The second kappa shape index (κ2) is 19.2. The first-order valence-corrected chi connectivity index (χ1v) is 13.3. The number of carbonyl (C=O) groups excluding carboxylic acids is 2. The van der Waals surface area contributed by atoms with Crippen LogP contribution in [0.25, 0.3) is 0 Å². The molecule has 0 aromatic heterocycles. The molecule has 1 unspecified atom stereocenters. The standard InChI is InChI=1S/C27H53NO4/c1-7-8-9-10-11-12-13-14-15-16-17-18-19-20-21-31-25(29)24(27(4,5)6)28-26(30)32-22-23(2)3/h23-24H,7-22H2,1-6H3,(H,28,30). The fourth-order valence-electron chi connectivity index (χ4n) is 3.58. The third-order valence-electron chi connectivity index (χ3n) is 5.65. The Morgan fingerprint density at radius 1 is 0.719 bits per heavy atom. The summed E-state index contributed by atoms with van der Waals surface area (Å²) in [5, 5.41) is 2.68. The predicted octanol–water partition coefficient (Wildman–Crippen LogP) is 7.81. The molecule has 5 nitrogen and oxygen atoms in total. The highest BCUT2D eigenvalue weighted by atomic mass is 16.6. The summed E-state index contributed by atoms with van der Waals surface area (Å²) in [5.74, 6) is -0.130. The Balaban J connectivity index is 3.78. The Labute approximate surface area is 198 Å². The summed E-state index contributed by atoms with van der Waals surface area (Å²) in [6.07, 6.45) is 17.6. The lowest BCUT2D eigenvalue weighted by molar-refractivity contribution is -0.149. The van der Waals surface area contributed by atoms with Gasteiger partial charge in [0, 0.05) is 0 Å². The minimum absolute atomic E-state index is 0.251. The van der Waals surface area contributed by atoms with Gasteiger partial charge in [0.05, 0.1) is 13.2 Å². The SMILES string of the molecule is CCCCCCCCCCCCCCCCOC(=O)C(NC(=O)OCC(C)C)C(C)(C)C. The van der Waals surface area contributed by atoms with Gasteiger partial charge in [0.2, 0.25) is 0 Å². The monoisotopic (exact) mass is 455 g/mol. The van der Waals surface area contributed by atoms with Gasteiger partial charge >= 0.3 is 12.1 Å². The van der Waals surface area contributed by atoms with E-state index in [1.165, 1.54) is 77.0 Å². The second-order valence-corrected chi connectivity index (χ2v) is 10.7. The molecule has 5 heteroatoms. The van der Waals surface area contributed by atoms with Crippen molar-refractivity contribution in [3.63, 3.8) is 0 Å². The van der Waals surface area contributed by atoms with Crippen LogP contribution in [0, 0.1) is 11.3 Å². The molecule has 0 aliphatic carbocycles. The van der Waals surface area contributed by atoms with E-state index < -0.39 is 17.6 Å². The lowest BCUT2D eigenvalue weighted by Crippen LogP contribution is -2.50. The van der Waals surface area contributed by atoms with E-state index >= 15 is 0 Å². The van der Waals surface area contributed by atoms with Crippen molar-refractivity contribution in [2.75, 3.05) is 13.2 Å². The van der Waals surface area contributed by atoms with Gasteiger partial charge in [-0.05, 0) is 17.8 Å². The van der Waals surface area contributed by atoms with Crippen LogP contribution >= 0.6 is 0 Å². The summed E-state index contributed by atoms with van der Waals surface area (Å²) >= 11 is 0. The minimum atomic E-state index is -0.714. The number of alkyl carbamates (subject to hydrolysis) is 1. The maximum absolute atomic E-state index is 12.5. The van der Waals surface area contributed by atoms with Crippen molar-refractivity contribution >= 4 is 12.1 Å². The molecule has 1 atom stereocenters. The highest BCUT2D eigenvalue weighted by Crippen LogP contribution is 2.21. The van der Waals surface area contributed by atoms with Crippen LogP contribution in [0.2, 0.25) is 0 Å². The maximum Gasteiger partial charge on any atom is 0.407 e. The van der Waals surface area contributed by atoms with Crippen LogP contribution in [0.1, 0.15) is 131 Å². The number of esters is 1. The summed E-state index contributed by atoms with van der Waals surface area (Å²) in [5.41, 5.74) is -0.441. The highest BCUT2D eigenvalue weighted by Gasteiger charge is 2.34. The number of hydrogen-bond donors (Lipinski definition) is 1. The molecule has 0 aliphatic rings. The van der Waals surface area contributed by atoms with Gasteiger partial charge in [-0.25, -0.2) is 9.59 Å². The molecule has 0 saturated carbocycles. The molecule has 0 rings (SSSR count). The molecular formula is C27H53NO4. The summed E-state index contributed by atoms with van der Waals surface area (Å²) < 4.78 is 10.6. The Morgan fingerprint density at radius 3 is 1.56 bits per heavy atom. The number of nitrogens with one attached hydrogen (secondary N) is 1. The van der Waals surface area contributed by atoms with Crippen molar-refractivity contribution in [1.82, 2.24) is 5.32 Å². The number of amides is 1. The minimum Gasteiger partial charge on any atom is -0.464 e. The maximum atomic E-state index is 12.5. The van der Waals surface area contributed by atoms with E-state index in [-0.39, 0.29) is 11.9 Å². The van der Waals surface area contributed by atoms with Gasteiger partial charge in [0.1, 0.15) is 6.04 Å². The van der Waals surface area contributed by atoms with Gasteiger partial charge in [-0.1, -0.05) is 125 Å². The third kappa shape index (κ3) is 18.3. The first kappa shape index (κ1) is 30.7. The normalized spacial score (nSPS) is 12.6. The first-order chi connectivity index (χ1) is 15.2. The van der Waals surface area contributed by atoms with Gasteiger partial charge in [-0.15, -0.1) is 0 Å². The quantitative estimate of drug-likeness (QED) is 0.159. The Morgan fingerprint density at radius 2 is 1.16 bits per heavy atom. The van der Waals surface area contributed by atoms with Crippen molar-refractivity contribution in [1.29, 1.82) is 0 Å². The summed E-state index contributed by atoms with van der Waals surface area (Å²) in [6.45, 7) is 12.7. The van der Waals surface area contributed by atoms with Crippen molar-refractivity contribution < 1.29 is 19.1 Å². The smallest absolute Gasteiger partial charge is 0.407 e. The van der Waals surface area contributed by atoms with Gasteiger partial charge in [0.25, 0.3) is 0 Å². The number of hydrogen-bond acceptors (Lipinski definition) is 4. The van der Waals surface area contributed by atoms with Crippen LogP contribution in [0.15, 0.2) is 0 Å². The largest absolute Gasteiger partial charge is 0.464 e. The molecular weight excluding hydrogens is 402 g/mol. The van der Waals surface area contributed by atoms with Gasteiger partial charge in [-0.3, -0.25) is 0 Å². The molecule has 0 saturated heterocycles. The van der Waals surface area contributed by atoms with Crippen molar-refractivity contribution in [2.24, 2.45) is 11.3 Å². The zero-order valence-electron chi connectivity index (χ0n) is 22.1. The molecule has 0 aromatic carbocycles. The van der Waals surface area contributed by atoms with Crippen molar-refractivity contribution in [3.05, 3.63) is 0 Å². The van der Waals surface area contributed by atoms with Crippen LogP contribution in [-0.2, 0) is 14.3 Å². The molecule has 0 spiro atoms. The Bertz CT molecular complexity index is 471. The van der Waals surface area contributed by atoms with Gasteiger partial charge in [-0.2, -0.15) is 0 Å². The van der Waals surface area contributed by atoms with E-state index in [0.717, 1.165) is 12.8 Å². The van der Waals surface area contributed by atoms with Crippen molar-refractivity contribution in [3.8, 4) is 0 Å². The number of ether oxygens (including phenoxy) is 2. The molecule has 0 fully saturated rings. The molecule has 0 aliphatic heterocycles. The van der Waals surface area contributed by atoms with Crippen LogP contribution in [0.3, 0.4) is 0 Å². The predicted molar refractivity (Wildman–Crippen MR) is 134 cm³/mol. The number of unbranched alkanes of at least 4 members (excludes halogenated alkanes) is 13. The fraction of sp³-hybridized carbons (Fsp3) is 0.926. The topological polar surface area (TPSA) is 64.6 Å².